The molecule has 4 rings (SSSR count). The van der Waals surface area contributed by atoms with Gasteiger partial charge < -0.3 is 9.64 Å². The summed E-state index contributed by atoms with van der Waals surface area (Å²) in [5, 5.41) is 0. The first kappa shape index (κ1) is 14.4. The van der Waals surface area contributed by atoms with Crippen molar-refractivity contribution in [2.75, 3.05) is 27.2 Å². The van der Waals surface area contributed by atoms with Crippen LogP contribution >= 0.6 is 0 Å². The number of esters is 1. The van der Waals surface area contributed by atoms with Crippen LogP contribution in [0.15, 0.2) is 0 Å². The highest BCUT2D eigenvalue weighted by molar-refractivity contribution is 5.77. The second-order valence-electron chi connectivity index (χ2n) is 8.03. The fourth-order valence-electron chi connectivity index (χ4n) is 5.58. The van der Waals surface area contributed by atoms with E-state index in [4.69, 9.17) is 4.74 Å². The van der Waals surface area contributed by atoms with E-state index in [9.17, 15) is 4.79 Å². The third-order valence-corrected chi connectivity index (χ3v) is 6.14. The molecule has 3 heteroatoms. The Bertz CT molecular complexity index is 376. The molecule has 0 aromatic rings. The number of likely N-dealkylation sites (N-methyl/N-ethyl adjacent to an activating group) is 1. The molecule has 0 heterocycles. The van der Waals surface area contributed by atoms with Crippen LogP contribution in [0.1, 0.15) is 51.9 Å². The van der Waals surface area contributed by atoms with Gasteiger partial charge in [0.2, 0.25) is 0 Å². The molecule has 114 valence electrons. The molecule has 4 bridgehead atoms. The van der Waals surface area contributed by atoms with E-state index in [1.165, 1.54) is 25.7 Å². The summed E-state index contributed by atoms with van der Waals surface area (Å²) in [5.41, 5.74) is 0.344. The highest BCUT2D eigenvalue weighted by atomic mass is 16.5. The summed E-state index contributed by atoms with van der Waals surface area (Å²) in [7, 11) is 4.04. The molecule has 0 spiro atoms. The molecule has 0 saturated heterocycles. The van der Waals surface area contributed by atoms with E-state index in [1.807, 2.05) is 14.1 Å². The molecule has 0 N–H and O–H groups in total. The molecule has 0 aromatic heterocycles. The van der Waals surface area contributed by atoms with E-state index in [-0.39, 0.29) is 11.4 Å². The lowest BCUT2D eigenvalue weighted by Gasteiger charge is -2.61. The maximum absolute atomic E-state index is 12.7. The molecule has 0 radical (unpaired) electrons. The monoisotopic (exact) mass is 279 g/mol. The summed E-state index contributed by atoms with van der Waals surface area (Å²) in [4.78, 5) is 14.8. The normalized spacial score (nSPS) is 42.2. The summed E-state index contributed by atoms with van der Waals surface area (Å²) in [6.07, 6.45) is 8.66. The van der Waals surface area contributed by atoms with Crippen molar-refractivity contribution in [2.45, 2.75) is 51.9 Å². The van der Waals surface area contributed by atoms with Crippen LogP contribution in [-0.2, 0) is 9.53 Å². The summed E-state index contributed by atoms with van der Waals surface area (Å²) >= 11 is 0. The number of hydrogen-bond acceptors (Lipinski definition) is 3. The number of ether oxygens (including phenoxy) is 1. The van der Waals surface area contributed by atoms with Gasteiger partial charge >= 0.3 is 5.97 Å². The van der Waals surface area contributed by atoms with Crippen molar-refractivity contribution >= 4 is 5.97 Å². The Balaban J connectivity index is 1.70. The van der Waals surface area contributed by atoms with Crippen molar-refractivity contribution in [1.29, 1.82) is 0 Å². The fourth-order valence-corrected chi connectivity index (χ4v) is 5.58. The van der Waals surface area contributed by atoms with Gasteiger partial charge in [0.1, 0.15) is 6.61 Å². The van der Waals surface area contributed by atoms with Gasteiger partial charge in [0.15, 0.2) is 0 Å². The van der Waals surface area contributed by atoms with Crippen LogP contribution in [0.4, 0.5) is 0 Å². The van der Waals surface area contributed by atoms with Crippen molar-refractivity contribution in [3.05, 3.63) is 0 Å². The van der Waals surface area contributed by atoms with E-state index in [2.05, 4.69) is 11.8 Å². The molecule has 4 aliphatic carbocycles. The van der Waals surface area contributed by atoms with Gasteiger partial charge in [-0.1, -0.05) is 13.3 Å². The molecule has 0 amide bonds. The fraction of sp³-hybridized carbons (Fsp3) is 0.941. The van der Waals surface area contributed by atoms with Crippen molar-refractivity contribution in [3.8, 4) is 0 Å². The quantitative estimate of drug-likeness (QED) is 0.724. The maximum atomic E-state index is 12.7. The zero-order chi connectivity index (χ0) is 14.4. The SMILES string of the molecule is CCC12C[C@H]3C[C@H](C1)CC(C(=O)OCCN(C)C)(C3)C2. The molecule has 2 atom stereocenters. The topological polar surface area (TPSA) is 29.5 Å². The van der Waals surface area contributed by atoms with E-state index in [1.54, 1.807) is 0 Å². The molecule has 3 nitrogen and oxygen atoms in total. The minimum absolute atomic E-state index is 0.117. The molecular weight excluding hydrogens is 250 g/mol. The van der Waals surface area contributed by atoms with E-state index < -0.39 is 0 Å². The number of hydrogen-bond donors (Lipinski definition) is 0. The Morgan fingerprint density at radius 2 is 1.85 bits per heavy atom. The second kappa shape index (κ2) is 5.01. The third-order valence-electron chi connectivity index (χ3n) is 6.14. The number of carbonyl (C=O) groups excluding carboxylic acids is 1. The Kier molecular flexibility index (Phi) is 3.60. The van der Waals surface area contributed by atoms with E-state index >= 15 is 0 Å². The number of nitrogens with zero attached hydrogens (tertiary/aromatic N) is 1. The zero-order valence-electron chi connectivity index (χ0n) is 13.3. The van der Waals surface area contributed by atoms with Gasteiger partial charge in [0, 0.05) is 6.54 Å². The summed E-state index contributed by atoms with van der Waals surface area (Å²) in [6, 6.07) is 0. The maximum Gasteiger partial charge on any atom is 0.312 e. The number of carbonyl (C=O) groups is 1. The zero-order valence-corrected chi connectivity index (χ0v) is 13.3. The van der Waals surface area contributed by atoms with Crippen molar-refractivity contribution in [1.82, 2.24) is 4.90 Å². The van der Waals surface area contributed by atoms with Gasteiger partial charge in [-0.05, 0) is 69.9 Å². The first-order valence-corrected chi connectivity index (χ1v) is 8.29. The van der Waals surface area contributed by atoms with Gasteiger partial charge in [0.25, 0.3) is 0 Å². The molecule has 0 aliphatic heterocycles. The minimum atomic E-state index is -0.119. The Labute approximate surface area is 123 Å². The van der Waals surface area contributed by atoms with Crippen molar-refractivity contribution < 1.29 is 9.53 Å². The largest absolute Gasteiger partial charge is 0.464 e. The van der Waals surface area contributed by atoms with Crippen molar-refractivity contribution in [2.24, 2.45) is 22.7 Å². The average molecular weight is 279 g/mol. The Morgan fingerprint density at radius 3 is 2.40 bits per heavy atom. The lowest BCUT2D eigenvalue weighted by molar-refractivity contribution is -0.181. The molecule has 20 heavy (non-hydrogen) atoms. The Hall–Kier alpha value is -0.570. The van der Waals surface area contributed by atoms with Crippen LogP contribution < -0.4 is 0 Å². The van der Waals surface area contributed by atoms with Gasteiger partial charge in [-0.15, -0.1) is 0 Å². The average Bonchev–Trinajstić information content (AvgIpc) is 2.36. The van der Waals surface area contributed by atoms with Crippen LogP contribution in [0.3, 0.4) is 0 Å². The van der Waals surface area contributed by atoms with Crippen LogP contribution in [0.25, 0.3) is 0 Å². The van der Waals surface area contributed by atoms with Gasteiger partial charge in [0.05, 0.1) is 5.41 Å². The summed E-state index contributed by atoms with van der Waals surface area (Å²) in [6.45, 7) is 3.69. The smallest absolute Gasteiger partial charge is 0.312 e. The van der Waals surface area contributed by atoms with Gasteiger partial charge in [-0.2, -0.15) is 0 Å². The first-order valence-electron chi connectivity index (χ1n) is 8.29. The second-order valence-corrected chi connectivity index (χ2v) is 8.03. The van der Waals surface area contributed by atoms with Crippen LogP contribution in [0.2, 0.25) is 0 Å². The predicted octanol–water partition coefficient (Wildman–Crippen LogP) is 3.09. The van der Waals surface area contributed by atoms with E-state index in [0.29, 0.717) is 12.0 Å². The molecule has 0 unspecified atom stereocenters. The molecular formula is C17H29NO2. The van der Waals surface area contributed by atoms with E-state index in [0.717, 1.165) is 37.6 Å². The summed E-state index contributed by atoms with van der Waals surface area (Å²) in [5.74, 6) is 1.70. The van der Waals surface area contributed by atoms with Gasteiger partial charge in [-0.25, -0.2) is 0 Å². The van der Waals surface area contributed by atoms with Gasteiger partial charge in [-0.3, -0.25) is 4.79 Å². The lowest BCUT2D eigenvalue weighted by Crippen LogP contribution is -2.55. The molecule has 4 saturated carbocycles. The highest BCUT2D eigenvalue weighted by Gasteiger charge is 2.60. The highest BCUT2D eigenvalue weighted by Crippen LogP contribution is 2.66. The van der Waals surface area contributed by atoms with Crippen LogP contribution in [0.5, 0.6) is 0 Å². The van der Waals surface area contributed by atoms with Crippen molar-refractivity contribution in [3.63, 3.8) is 0 Å². The number of rotatable bonds is 5. The predicted molar refractivity (Wildman–Crippen MR) is 79.4 cm³/mol. The van der Waals surface area contributed by atoms with Crippen LogP contribution in [0, 0.1) is 22.7 Å². The third kappa shape index (κ3) is 2.38. The molecule has 4 aliphatic rings. The molecule has 4 fully saturated rings. The van der Waals surface area contributed by atoms with Crippen LogP contribution in [-0.4, -0.2) is 38.1 Å². The Morgan fingerprint density at radius 1 is 1.20 bits per heavy atom. The first-order chi connectivity index (χ1) is 9.47. The molecule has 0 aromatic carbocycles. The lowest BCUT2D eigenvalue weighted by atomic mass is 9.43. The minimum Gasteiger partial charge on any atom is -0.464 e. The summed E-state index contributed by atoms with van der Waals surface area (Å²) < 4.78 is 5.65. The standard InChI is InChI=1S/C17H29NO2/c1-4-16-8-13-7-14(9-16)11-17(10-13,12-16)15(19)20-6-5-18(2)3/h13-14H,4-12H2,1-3H3/t13-,14-,16?,17?/m1/s1.